The SMILES string of the molecule is CCCCCS(=O)Cc1ccccc1C#N. The van der Waals surface area contributed by atoms with Crippen LogP contribution < -0.4 is 0 Å². The Morgan fingerprint density at radius 3 is 2.75 bits per heavy atom. The first-order chi connectivity index (χ1) is 7.77. The van der Waals surface area contributed by atoms with Gasteiger partial charge in [0, 0.05) is 22.3 Å². The van der Waals surface area contributed by atoms with Crippen LogP contribution in [-0.2, 0) is 16.6 Å². The van der Waals surface area contributed by atoms with E-state index in [-0.39, 0.29) is 0 Å². The molecule has 86 valence electrons. The molecule has 0 amide bonds. The van der Waals surface area contributed by atoms with Gasteiger partial charge in [-0.3, -0.25) is 4.21 Å². The van der Waals surface area contributed by atoms with Crippen LogP contribution in [-0.4, -0.2) is 9.96 Å². The molecule has 0 N–H and O–H groups in total. The first-order valence-corrected chi connectivity index (χ1v) is 7.09. The Balaban J connectivity index is 2.53. The summed E-state index contributed by atoms with van der Waals surface area (Å²) in [5.74, 6) is 1.25. The lowest BCUT2D eigenvalue weighted by Crippen LogP contribution is -2.02. The highest BCUT2D eigenvalue weighted by Gasteiger charge is 2.05. The topological polar surface area (TPSA) is 40.9 Å². The molecule has 0 aliphatic heterocycles. The van der Waals surface area contributed by atoms with Crippen LogP contribution in [0.1, 0.15) is 37.3 Å². The van der Waals surface area contributed by atoms with E-state index >= 15 is 0 Å². The minimum atomic E-state index is -0.835. The lowest BCUT2D eigenvalue weighted by Gasteiger charge is -2.03. The molecule has 3 heteroatoms. The molecule has 0 aliphatic rings. The van der Waals surface area contributed by atoms with E-state index in [0.717, 1.165) is 30.6 Å². The van der Waals surface area contributed by atoms with E-state index in [1.54, 1.807) is 6.07 Å². The molecule has 1 rings (SSSR count). The Morgan fingerprint density at radius 2 is 2.06 bits per heavy atom. The summed E-state index contributed by atoms with van der Waals surface area (Å²) in [5, 5.41) is 8.90. The van der Waals surface area contributed by atoms with Crippen LogP contribution in [0.3, 0.4) is 0 Å². The van der Waals surface area contributed by atoms with Gasteiger partial charge in [0.25, 0.3) is 0 Å². The molecular formula is C13H17NOS. The normalized spacial score (nSPS) is 12.0. The third-order valence-electron chi connectivity index (χ3n) is 2.43. The van der Waals surface area contributed by atoms with E-state index in [4.69, 9.17) is 5.26 Å². The molecule has 0 heterocycles. The van der Waals surface area contributed by atoms with Gasteiger partial charge in [-0.1, -0.05) is 38.0 Å². The number of unbranched alkanes of at least 4 members (excludes halogenated alkanes) is 2. The minimum absolute atomic E-state index is 0.507. The second-order valence-electron chi connectivity index (χ2n) is 3.76. The van der Waals surface area contributed by atoms with E-state index in [1.165, 1.54) is 0 Å². The summed E-state index contributed by atoms with van der Waals surface area (Å²) in [7, 11) is -0.835. The Kier molecular flexibility index (Phi) is 5.81. The standard InChI is InChI=1S/C13H17NOS/c1-2-3-6-9-16(15)11-13-8-5-4-7-12(13)10-14/h4-5,7-8H,2-3,6,9,11H2,1H3. The molecule has 16 heavy (non-hydrogen) atoms. The van der Waals surface area contributed by atoms with Crippen molar-refractivity contribution in [1.29, 1.82) is 5.26 Å². The van der Waals surface area contributed by atoms with Crippen molar-refractivity contribution in [2.75, 3.05) is 5.75 Å². The molecule has 0 radical (unpaired) electrons. The molecule has 0 aliphatic carbocycles. The lowest BCUT2D eigenvalue weighted by atomic mass is 10.1. The highest BCUT2D eigenvalue weighted by atomic mass is 32.2. The Labute approximate surface area is 99.8 Å². The molecule has 2 nitrogen and oxygen atoms in total. The number of hydrogen-bond acceptors (Lipinski definition) is 2. The van der Waals surface area contributed by atoms with Gasteiger partial charge in [-0.05, 0) is 18.1 Å². The molecule has 1 unspecified atom stereocenters. The zero-order valence-electron chi connectivity index (χ0n) is 9.61. The van der Waals surface area contributed by atoms with Crippen molar-refractivity contribution in [3.8, 4) is 6.07 Å². The summed E-state index contributed by atoms with van der Waals surface area (Å²) >= 11 is 0. The third-order valence-corrected chi connectivity index (χ3v) is 3.81. The van der Waals surface area contributed by atoms with Crippen LogP contribution in [0.2, 0.25) is 0 Å². The zero-order valence-corrected chi connectivity index (χ0v) is 10.4. The molecule has 0 spiro atoms. The number of benzene rings is 1. The Hall–Kier alpha value is -1.14. The van der Waals surface area contributed by atoms with Gasteiger partial charge < -0.3 is 0 Å². The fourth-order valence-corrected chi connectivity index (χ4v) is 2.78. The molecule has 1 aromatic carbocycles. The smallest absolute Gasteiger partial charge is 0.0994 e. The van der Waals surface area contributed by atoms with Crippen LogP contribution in [0.25, 0.3) is 0 Å². The summed E-state index contributed by atoms with van der Waals surface area (Å²) in [4.78, 5) is 0. The number of nitrogens with zero attached hydrogens (tertiary/aromatic N) is 1. The van der Waals surface area contributed by atoms with Gasteiger partial charge in [0.2, 0.25) is 0 Å². The van der Waals surface area contributed by atoms with Gasteiger partial charge in [0.15, 0.2) is 0 Å². The maximum Gasteiger partial charge on any atom is 0.0994 e. The second-order valence-corrected chi connectivity index (χ2v) is 5.34. The third kappa shape index (κ3) is 4.16. The number of hydrogen-bond donors (Lipinski definition) is 0. The van der Waals surface area contributed by atoms with Crippen LogP contribution in [0.4, 0.5) is 0 Å². The highest BCUT2D eigenvalue weighted by Crippen LogP contribution is 2.11. The van der Waals surface area contributed by atoms with Crippen molar-refractivity contribution in [1.82, 2.24) is 0 Å². The van der Waals surface area contributed by atoms with Crippen molar-refractivity contribution in [3.63, 3.8) is 0 Å². The summed E-state index contributed by atoms with van der Waals surface area (Å²) < 4.78 is 11.8. The first-order valence-electron chi connectivity index (χ1n) is 5.61. The maximum absolute atomic E-state index is 11.8. The van der Waals surface area contributed by atoms with Gasteiger partial charge in [0.05, 0.1) is 11.6 Å². The number of nitriles is 1. The average Bonchev–Trinajstić information content (AvgIpc) is 2.30. The van der Waals surface area contributed by atoms with Gasteiger partial charge >= 0.3 is 0 Å². The minimum Gasteiger partial charge on any atom is -0.259 e. The molecule has 0 saturated carbocycles. The second kappa shape index (κ2) is 7.19. The Morgan fingerprint density at radius 1 is 1.31 bits per heavy atom. The quantitative estimate of drug-likeness (QED) is 0.711. The van der Waals surface area contributed by atoms with E-state index in [0.29, 0.717) is 11.3 Å². The fraction of sp³-hybridized carbons (Fsp3) is 0.462. The highest BCUT2D eigenvalue weighted by molar-refractivity contribution is 7.84. The van der Waals surface area contributed by atoms with Crippen LogP contribution in [0, 0.1) is 11.3 Å². The van der Waals surface area contributed by atoms with Crippen molar-refractivity contribution in [3.05, 3.63) is 35.4 Å². The predicted octanol–water partition coefficient (Wildman–Crippen LogP) is 3.00. The van der Waals surface area contributed by atoms with Crippen LogP contribution in [0.15, 0.2) is 24.3 Å². The lowest BCUT2D eigenvalue weighted by molar-refractivity contribution is 0.675. The summed E-state index contributed by atoms with van der Waals surface area (Å²) in [6.45, 7) is 2.13. The average molecular weight is 235 g/mol. The van der Waals surface area contributed by atoms with E-state index in [2.05, 4.69) is 13.0 Å². The molecule has 0 fully saturated rings. The summed E-state index contributed by atoms with van der Waals surface area (Å²) in [6, 6.07) is 9.52. The van der Waals surface area contributed by atoms with Crippen molar-refractivity contribution in [2.45, 2.75) is 31.9 Å². The van der Waals surface area contributed by atoms with Gasteiger partial charge in [0.1, 0.15) is 0 Å². The van der Waals surface area contributed by atoms with Crippen molar-refractivity contribution >= 4 is 10.8 Å². The summed E-state index contributed by atoms with van der Waals surface area (Å²) in [6.07, 6.45) is 3.29. The van der Waals surface area contributed by atoms with Crippen molar-refractivity contribution < 1.29 is 4.21 Å². The largest absolute Gasteiger partial charge is 0.259 e. The Bertz CT molecular complexity index is 395. The fourth-order valence-electron chi connectivity index (χ4n) is 1.51. The molecule has 0 aromatic heterocycles. The number of rotatable bonds is 6. The monoisotopic (exact) mass is 235 g/mol. The van der Waals surface area contributed by atoms with Crippen molar-refractivity contribution in [2.24, 2.45) is 0 Å². The van der Waals surface area contributed by atoms with Crippen LogP contribution >= 0.6 is 0 Å². The maximum atomic E-state index is 11.8. The van der Waals surface area contributed by atoms with E-state index < -0.39 is 10.8 Å². The van der Waals surface area contributed by atoms with E-state index in [1.807, 2.05) is 18.2 Å². The molecule has 1 aromatic rings. The molecular weight excluding hydrogens is 218 g/mol. The summed E-state index contributed by atoms with van der Waals surface area (Å²) in [5.41, 5.74) is 1.55. The molecule has 1 atom stereocenters. The van der Waals surface area contributed by atoms with Crippen LogP contribution in [0.5, 0.6) is 0 Å². The molecule has 0 saturated heterocycles. The van der Waals surface area contributed by atoms with Gasteiger partial charge in [-0.15, -0.1) is 0 Å². The van der Waals surface area contributed by atoms with Gasteiger partial charge in [-0.2, -0.15) is 5.26 Å². The first kappa shape index (κ1) is 12.9. The van der Waals surface area contributed by atoms with Gasteiger partial charge in [-0.25, -0.2) is 0 Å². The molecule has 0 bridgehead atoms. The predicted molar refractivity (Wildman–Crippen MR) is 67.4 cm³/mol. The van der Waals surface area contributed by atoms with E-state index in [9.17, 15) is 4.21 Å². The zero-order chi connectivity index (χ0) is 11.8.